The van der Waals surface area contributed by atoms with Crippen molar-refractivity contribution in [3.8, 4) is 0 Å². The molecule has 0 radical (unpaired) electrons. The molecule has 4 bridgehead atoms. The van der Waals surface area contributed by atoms with Crippen molar-refractivity contribution >= 4 is 22.7 Å². The molecule has 0 spiro atoms. The smallest absolute Gasteiger partial charge is 0.308 e. The quantitative estimate of drug-likeness (QED) is 0.684. The number of hydrogen-bond acceptors (Lipinski definition) is 5. The lowest BCUT2D eigenvalue weighted by molar-refractivity contribution is -0.165. The molecule has 4 aliphatic rings. The van der Waals surface area contributed by atoms with Gasteiger partial charge in [-0.3, -0.25) is 19.1 Å². The lowest BCUT2D eigenvalue weighted by Crippen LogP contribution is -2.52. The summed E-state index contributed by atoms with van der Waals surface area (Å²) < 4.78 is 7.21. The van der Waals surface area contributed by atoms with Gasteiger partial charge in [0.25, 0.3) is 0 Å². The molecule has 0 saturated heterocycles. The SMILES string of the molecule is C[C@H](OC(=O)CCn1ncc(=O)c2ccccc21)C(=O)C12CC3CC(CC(C3)C1)C2. The van der Waals surface area contributed by atoms with Gasteiger partial charge >= 0.3 is 5.97 Å². The van der Waals surface area contributed by atoms with Crippen LogP contribution in [0.5, 0.6) is 0 Å². The number of nitrogens with zero attached hydrogens (tertiary/aromatic N) is 2. The first-order valence-corrected chi connectivity index (χ1v) is 11.1. The Morgan fingerprint density at radius 3 is 2.43 bits per heavy atom. The monoisotopic (exact) mass is 408 g/mol. The Labute approximate surface area is 175 Å². The number of aryl methyl sites for hydroxylation is 1. The molecule has 30 heavy (non-hydrogen) atoms. The van der Waals surface area contributed by atoms with Gasteiger partial charge in [-0.15, -0.1) is 0 Å². The number of rotatable bonds is 6. The van der Waals surface area contributed by atoms with Crippen molar-refractivity contribution in [2.45, 2.75) is 64.5 Å². The summed E-state index contributed by atoms with van der Waals surface area (Å²) in [6, 6.07) is 7.21. The third kappa shape index (κ3) is 3.36. The van der Waals surface area contributed by atoms with E-state index >= 15 is 0 Å². The summed E-state index contributed by atoms with van der Waals surface area (Å²) in [6.07, 6.45) is 7.45. The van der Waals surface area contributed by atoms with E-state index in [2.05, 4.69) is 5.10 Å². The van der Waals surface area contributed by atoms with E-state index in [0.29, 0.717) is 35.2 Å². The largest absolute Gasteiger partial charge is 0.455 e. The number of para-hydroxylation sites is 1. The lowest BCUT2D eigenvalue weighted by Gasteiger charge is -2.56. The van der Waals surface area contributed by atoms with E-state index in [4.69, 9.17) is 4.74 Å². The second kappa shape index (κ2) is 7.33. The van der Waals surface area contributed by atoms with Crippen LogP contribution in [0.2, 0.25) is 0 Å². The van der Waals surface area contributed by atoms with Gasteiger partial charge in [0.2, 0.25) is 5.43 Å². The van der Waals surface area contributed by atoms with Gasteiger partial charge in [-0.05, 0) is 75.3 Å². The zero-order chi connectivity index (χ0) is 20.9. The van der Waals surface area contributed by atoms with Crippen LogP contribution in [-0.2, 0) is 20.9 Å². The van der Waals surface area contributed by atoms with E-state index in [0.717, 1.165) is 19.3 Å². The van der Waals surface area contributed by atoms with Crippen LogP contribution in [-0.4, -0.2) is 27.6 Å². The van der Waals surface area contributed by atoms with Crippen molar-refractivity contribution in [1.29, 1.82) is 0 Å². The van der Waals surface area contributed by atoms with Gasteiger partial charge in [0.15, 0.2) is 11.9 Å². The van der Waals surface area contributed by atoms with Gasteiger partial charge in [-0.1, -0.05) is 12.1 Å². The first-order valence-electron chi connectivity index (χ1n) is 11.1. The van der Waals surface area contributed by atoms with Crippen LogP contribution in [0.1, 0.15) is 51.9 Å². The number of esters is 1. The van der Waals surface area contributed by atoms with E-state index < -0.39 is 12.1 Å². The average molecular weight is 408 g/mol. The number of hydrogen-bond donors (Lipinski definition) is 0. The molecule has 158 valence electrons. The third-order valence-electron chi connectivity index (χ3n) is 7.53. The fourth-order valence-corrected chi connectivity index (χ4v) is 6.69. The highest BCUT2D eigenvalue weighted by atomic mass is 16.5. The number of ether oxygens (including phenoxy) is 1. The zero-order valence-electron chi connectivity index (χ0n) is 17.4. The van der Waals surface area contributed by atoms with Crippen molar-refractivity contribution in [2.24, 2.45) is 23.2 Å². The highest BCUT2D eigenvalue weighted by Gasteiger charge is 2.55. The molecule has 0 aliphatic heterocycles. The summed E-state index contributed by atoms with van der Waals surface area (Å²) in [7, 11) is 0. The van der Waals surface area contributed by atoms with Crippen LogP contribution in [0.4, 0.5) is 0 Å². The summed E-state index contributed by atoms with van der Waals surface area (Å²) in [5.74, 6) is 1.78. The van der Waals surface area contributed by atoms with Crippen molar-refractivity contribution in [3.63, 3.8) is 0 Å². The standard InChI is InChI=1S/C24H28N2O4/c1-15(23(29)24-11-16-8-17(12-24)10-18(9-16)13-24)30-22(28)6-7-26-20-5-3-2-4-19(20)21(27)14-25-26/h2-5,14-18H,6-13H2,1H3/t15-,16?,17?,18?,24?/m0/s1. The van der Waals surface area contributed by atoms with Gasteiger partial charge in [0.1, 0.15) is 0 Å². The van der Waals surface area contributed by atoms with E-state index in [-0.39, 0.29) is 23.0 Å². The number of ketones is 1. The lowest BCUT2D eigenvalue weighted by atomic mass is 9.48. The number of benzene rings is 1. The number of Topliss-reactive ketones (excluding diaryl/α,β-unsaturated/α-hetero) is 1. The van der Waals surface area contributed by atoms with Crippen LogP contribution in [0.15, 0.2) is 35.3 Å². The fourth-order valence-electron chi connectivity index (χ4n) is 6.69. The zero-order valence-corrected chi connectivity index (χ0v) is 17.4. The molecule has 1 aromatic carbocycles. The van der Waals surface area contributed by atoms with Crippen molar-refractivity contribution in [3.05, 3.63) is 40.7 Å². The fraction of sp³-hybridized carbons (Fsp3) is 0.583. The molecule has 0 unspecified atom stereocenters. The maximum Gasteiger partial charge on any atom is 0.308 e. The minimum atomic E-state index is -0.701. The molecular formula is C24H28N2O4. The van der Waals surface area contributed by atoms with E-state index in [1.54, 1.807) is 23.7 Å². The average Bonchev–Trinajstić information content (AvgIpc) is 2.72. The molecule has 6 rings (SSSR count). The molecule has 6 heteroatoms. The van der Waals surface area contributed by atoms with Gasteiger partial charge in [0.05, 0.1) is 24.7 Å². The first kappa shape index (κ1) is 19.5. The molecule has 4 saturated carbocycles. The molecule has 0 amide bonds. The number of fused-ring (bicyclic) bond motifs is 1. The molecule has 1 atom stereocenters. The molecule has 0 N–H and O–H groups in total. The van der Waals surface area contributed by atoms with Gasteiger partial charge in [-0.2, -0.15) is 5.10 Å². The Balaban J connectivity index is 1.23. The normalized spacial score (nSPS) is 30.4. The van der Waals surface area contributed by atoms with Crippen LogP contribution >= 0.6 is 0 Å². The van der Waals surface area contributed by atoms with E-state index in [1.165, 1.54) is 25.5 Å². The summed E-state index contributed by atoms with van der Waals surface area (Å²) in [5, 5.41) is 4.72. The maximum atomic E-state index is 13.3. The maximum absolute atomic E-state index is 13.3. The van der Waals surface area contributed by atoms with Gasteiger partial charge in [-0.25, -0.2) is 0 Å². The van der Waals surface area contributed by atoms with E-state index in [1.807, 2.05) is 12.1 Å². The second-order valence-corrected chi connectivity index (χ2v) is 9.69. The van der Waals surface area contributed by atoms with Gasteiger partial charge in [0, 0.05) is 10.8 Å². The summed E-state index contributed by atoms with van der Waals surface area (Å²) in [6.45, 7) is 2.03. The topological polar surface area (TPSA) is 78.3 Å². The highest BCUT2D eigenvalue weighted by molar-refractivity contribution is 5.90. The molecule has 4 aliphatic carbocycles. The highest BCUT2D eigenvalue weighted by Crippen LogP contribution is 2.60. The molecule has 2 aromatic rings. The van der Waals surface area contributed by atoms with Crippen molar-refractivity contribution in [1.82, 2.24) is 9.78 Å². The van der Waals surface area contributed by atoms with E-state index in [9.17, 15) is 14.4 Å². The number of carbonyl (C=O) groups is 2. The molecule has 1 heterocycles. The van der Waals surface area contributed by atoms with Crippen molar-refractivity contribution in [2.75, 3.05) is 0 Å². The summed E-state index contributed by atoms with van der Waals surface area (Å²) in [5.41, 5.74) is 0.292. The van der Waals surface area contributed by atoms with Crippen LogP contribution in [0.3, 0.4) is 0 Å². The van der Waals surface area contributed by atoms with Gasteiger partial charge < -0.3 is 4.74 Å². The number of carbonyl (C=O) groups excluding carboxylic acids is 2. The Bertz CT molecular complexity index is 1020. The Morgan fingerprint density at radius 1 is 1.13 bits per heavy atom. The first-order chi connectivity index (χ1) is 14.4. The minimum Gasteiger partial charge on any atom is -0.455 e. The minimum absolute atomic E-state index is 0.109. The predicted molar refractivity (Wildman–Crippen MR) is 112 cm³/mol. The molecular weight excluding hydrogens is 380 g/mol. The summed E-state index contributed by atoms with van der Waals surface area (Å²) >= 11 is 0. The Hall–Kier alpha value is -2.50. The van der Waals surface area contributed by atoms with Crippen LogP contribution in [0.25, 0.3) is 10.9 Å². The third-order valence-corrected chi connectivity index (χ3v) is 7.53. The van der Waals surface area contributed by atoms with Crippen LogP contribution in [0, 0.1) is 23.2 Å². The Kier molecular flexibility index (Phi) is 4.75. The molecule has 6 nitrogen and oxygen atoms in total. The number of aromatic nitrogens is 2. The summed E-state index contributed by atoms with van der Waals surface area (Å²) in [4.78, 5) is 37.7. The van der Waals surface area contributed by atoms with Crippen LogP contribution < -0.4 is 5.43 Å². The predicted octanol–water partition coefficient (Wildman–Crippen LogP) is 3.50. The molecule has 4 fully saturated rings. The Morgan fingerprint density at radius 2 is 1.77 bits per heavy atom. The van der Waals surface area contributed by atoms with Crippen molar-refractivity contribution < 1.29 is 14.3 Å². The second-order valence-electron chi connectivity index (χ2n) is 9.69. The molecule has 1 aromatic heterocycles.